The van der Waals surface area contributed by atoms with Gasteiger partial charge in [0, 0.05) is 24.7 Å². The van der Waals surface area contributed by atoms with Crippen LogP contribution in [0.1, 0.15) is 25.3 Å². The fourth-order valence-electron chi connectivity index (χ4n) is 4.08. The molecule has 3 aliphatic rings. The lowest BCUT2D eigenvalue weighted by Gasteiger charge is -2.40. The van der Waals surface area contributed by atoms with Gasteiger partial charge in [-0.3, -0.25) is 9.59 Å². The summed E-state index contributed by atoms with van der Waals surface area (Å²) in [6.45, 7) is 3.72. The standard InChI is InChI=1S/C21H28N2O5S2/c1-21-13-29-12-19(24)23(21)16(11-30-21)20(25)22-9-14-5-6-17(18(8-14)26-2)28-10-15-4-3-7-27-15/h5-6,8,15-16H,3-4,7,9-13H2,1-2H3,(H,22,25)/t15-,16-,21-/m0/s1. The van der Waals surface area contributed by atoms with Gasteiger partial charge in [-0.2, -0.15) is 0 Å². The lowest BCUT2D eigenvalue weighted by atomic mass is 10.1. The number of nitrogens with one attached hydrogen (secondary N) is 1. The van der Waals surface area contributed by atoms with Gasteiger partial charge in [0.1, 0.15) is 12.6 Å². The summed E-state index contributed by atoms with van der Waals surface area (Å²) in [5.41, 5.74) is 0.915. The molecule has 0 unspecified atom stereocenters. The van der Waals surface area contributed by atoms with Crippen molar-refractivity contribution in [3.63, 3.8) is 0 Å². The van der Waals surface area contributed by atoms with E-state index in [0.717, 1.165) is 30.8 Å². The van der Waals surface area contributed by atoms with Crippen molar-refractivity contribution in [3.8, 4) is 11.5 Å². The zero-order chi connectivity index (χ0) is 21.1. The highest BCUT2D eigenvalue weighted by molar-refractivity contribution is 8.04. The summed E-state index contributed by atoms with van der Waals surface area (Å²) in [6, 6.07) is 5.25. The van der Waals surface area contributed by atoms with Gasteiger partial charge < -0.3 is 24.4 Å². The summed E-state index contributed by atoms with van der Waals surface area (Å²) >= 11 is 3.33. The Morgan fingerprint density at radius 3 is 3.03 bits per heavy atom. The molecule has 9 heteroatoms. The van der Waals surface area contributed by atoms with Crippen LogP contribution in [0.3, 0.4) is 0 Å². The van der Waals surface area contributed by atoms with Gasteiger partial charge in [0.15, 0.2) is 11.5 Å². The average molecular weight is 453 g/mol. The predicted octanol–water partition coefficient (Wildman–Crippen LogP) is 2.28. The molecule has 0 aliphatic carbocycles. The van der Waals surface area contributed by atoms with Crippen LogP contribution in [0.25, 0.3) is 0 Å². The van der Waals surface area contributed by atoms with Crippen LogP contribution in [0.2, 0.25) is 0 Å². The van der Waals surface area contributed by atoms with Crippen LogP contribution in [-0.2, 0) is 20.9 Å². The number of thioether (sulfide) groups is 2. The Labute approximate surface area is 185 Å². The van der Waals surface area contributed by atoms with Crippen molar-refractivity contribution in [1.29, 1.82) is 0 Å². The highest BCUT2D eigenvalue weighted by Crippen LogP contribution is 2.44. The molecule has 1 aromatic rings. The van der Waals surface area contributed by atoms with Gasteiger partial charge in [-0.15, -0.1) is 23.5 Å². The van der Waals surface area contributed by atoms with Gasteiger partial charge in [-0.05, 0) is 37.5 Å². The van der Waals surface area contributed by atoms with Crippen molar-refractivity contribution in [2.24, 2.45) is 0 Å². The number of amides is 2. The number of hydrogen-bond donors (Lipinski definition) is 1. The Morgan fingerprint density at radius 2 is 2.27 bits per heavy atom. The smallest absolute Gasteiger partial charge is 0.243 e. The second kappa shape index (κ2) is 9.28. The number of hydrogen-bond acceptors (Lipinski definition) is 7. The number of carbonyl (C=O) groups is 2. The summed E-state index contributed by atoms with van der Waals surface area (Å²) in [7, 11) is 1.60. The molecule has 1 N–H and O–H groups in total. The summed E-state index contributed by atoms with van der Waals surface area (Å²) in [5.74, 6) is 3.18. The molecular formula is C21H28N2O5S2. The van der Waals surface area contributed by atoms with E-state index in [1.807, 2.05) is 18.2 Å². The van der Waals surface area contributed by atoms with Crippen LogP contribution in [-0.4, -0.2) is 71.3 Å². The zero-order valence-corrected chi connectivity index (χ0v) is 19.0. The first-order chi connectivity index (χ1) is 14.5. The van der Waals surface area contributed by atoms with Crippen LogP contribution >= 0.6 is 23.5 Å². The summed E-state index contributed by atoms with van der Waals surface area (Å²) < 4.78 is 16.9. The van der Waals surface area contributed by atoms with E-state index in [2.05, 4.69) is 12.2 Å². The van der Waals surface area contributed by atoms with E-state index in [9.17, 15) is 9.59 Å². The molecule has 3 atom stereocenters. The van der Waals surface area contributed by atoms with E-state index in [-0.39, 0.29) is 22.8 Å². The SMILES string of the molecule is COc1cc(CNC(=O)[C@@H]2CS[C@@]3(C)CSCC(=O)N23)ccc1OC[C@@H]1CCCO1. The minimum atomic E-state index is -0.413. The fourth-order valence-corrected chi connectivity index (χ4v) is 6.78. The zero-order valence-electron chi connectivity index (χ0n) is 17.3. The third-order valence-electron chi connectivity index (χ3n) is 5.68. The molecule has 164 valence electrons. The molecule has 0 radical (unpaired) electrons. The number of benzene rings is 1. The van der Waals surface area contributed by atoms with Gasteiger partial charge in [0.05, 0.1) is 23.8 Å². The first-order valence-corrected chi connectivity index (χ1v) is 12.4. The van der Waals surface area contributed by atoms with Crippen molar-refractivity contribution in [3.05, 3.63) is 23.8 Å². The first-order valence-electron chi connectivity index (χ1n) is 10.2. The maximum absolute atomic E-state index is 12.8. The van der Waals surface area contributed by atoms with Gasteiger partial charge in [0.25, 0.3) is 0 Å². The van der Waals surface area contributed by atoms with E-state index in [1.54, 1.807) is 35.5 Å². The maximum atomic E-state index is 12.8. The van der Waals surface area contributed by atoms with Gasteiger partial charge in [-0.1, -0.05) is 6.07 Å². The normalized spacial score (nSPS) is 28.3. The van der Waals surface area contributed by atoms with Gasteiger partial charge in [-0.25, -0.2) is 0 Å². The second-order valence-corrected chi connectivity index (χ2v) is 10.4. The van der Waals surface area contributed by atoms with Crippen LogP contribution in [0, 0.1) is 0 Å². The number of nitrogens with zero attached hydrogens (tertiary/aromatic N) is 1. The number of carbonyl (C=O) groups excluding carboxylic acids is 2. The van der Waals surface area contributed by atoms with Crippen molar-refractivity contribution < 1.29 is 23.8 Å². The maximum Gasteiger partial charge on any atom is 0.243 e. The van der Waals surface area contributed by atoms with E-state index >= 15 is 0 Å². The van der Waals surface area contributed by atoms with E-state index in [1.165, 1.54) is 0 Å². The Morgan fingerprint density at radius 1 is 1.40 bits per heavy atom. The minimum absolute atomic E-state index is 0.0494. The molecule has 0 aromatic heterocycles. The molecule has 30 heavy (non-hydrogen) atoms. The monoisotopic (exact) mass is 452 g/mol. The summed E-state index contributed by atoms with van der Waals surface area (Å²) in [4.78, 5) is 26.8. The molecular weight excluding hydrogens is 424 g/mol. The highest BCUT2D eigenvalue weighted by atomic mass is 32.2. The number of ether oxygens (including phenoxy) is 3. The van der Waals surface area contributed by atoms with Crippen molar-refractivity contribution in [1.82, 2.24) is 10.2 Å². The lowest BCUT2D eigenvalue weighted by Crippen LogP contribution is -2.57. The Kier molecular flexibility index (Phi) is 6.69. The molecule has 3 fully saturated rings. The summed E-state index contributed by atoms with van der Waals surface area (Å²) in [6.07, 6.45) is 2.23. The largest absolute Gasteiger partial charge is 0.493 e. The number of rotatable bonds is 7. The Bertz CT molecular complexity index is 802. The molecule has 0 spiro atoms. The molecule has 2 amide bonds. The molecule has 3 heterocycles. The molecule has 7 nitrogen and oxygen atoms in total. The Hall–Kier alpha value is -1.58. The quantitative estimate of drug-likeness (QED) is 0.680. The summed E-state index contributed by atoms with van der Waals surface area (Å²) in [5, 5.41) is 2.99. The molecule has 0 bridgehead atoms. The third-order valence-corrected chi connectivity index (χ3v) is 8.53. The van der Waals surface area contributed by atoms with Crippen molar-refractivity contribution in [2.45, 2.75) is 43.3 Å². The van der Waals surface area contributed by atoms with E-state index in [4.69, 9.17) is 14.2 Å². The van der Waals surface area contributed by atoms with Crippen LogP contribution in [0.5, 0.6) is 11.5 Å². The fraction of sp³-hybridized carbons (Fsp3) is 0.619. The molecule has 1 aromatic carbocycles. The molecule has 3 saturated heterocycles. The third kappa shape index (κ3) is 4.53. The first kappa shape index (κ1) is 21.6. The van der Waals surface area contributed by atoms with Crippen molar-refractivity contribution in [2.75, 3.05) is 37.6 Å². The van der Waals surface area contributed by atoms with Gasteiger partial charge >= 0.3 is 0 Å². The molecule has 3 aliphatic heterocycles. The second-order valence-electron chi connectivity index (χ2n) is 7.91. The van der Waals surface area contributed by atoms with Crippen molar-refractivity contribution >= 4 is 35.3 Å². The molecule has 4 rings (SSSR count). The van der Waals surface area contributed by atoms with Crippen LogP contribution in [0.4, 0.5) is 0 Å². The minimum Gasteiger partial charge on any atom is -0.493 e. The Balaban J connectivity index is 1.35. The highest BCUT2D eigenvalue weighted by Gasteiger charge is 2.51. The average Bonchev–Trinajstić information content (AvgIpc) is 3.38. The van der Waals surface area contributed by atoms with Crippen LogP contribution in [0.15, 0.2) is 18.2 Å². The van der Waals surface area contributed by atoms with E-state index < -0.39 is 6.04 Å². The van der Waals surface area contributed by atoms with Crippen LogP contribution < -0.4 is 14.8 Å². The number of fused-ring (bicyclic) bond motifs is 1. The van der Waals surface area contributed by atoms with Gasteiger partial charge in [0.2, 0.25) is 11.8 Å². The lowest BCUT2D eigenvalue weighted by molar-refractivity contribution is -0.140. The molecule has 0 saturated carbocycles. The van der Waals surface area contributed by atoms with E-state index in [0.29, 0.717) is 36.2 Å². The predicted molar refractivity (Wildman–Crippen MR) is 118 cm³/mol. The number of methoxy groups -OCH3 is 1. The topological polar surface area (TPSA) is 77.1 Å².